The van der Waals surface area contributed by atoms with E-state index < -0.39 is 11.8 Å². The maximum absolute atomic E-state index is 12.1. The number of benzene rings is 1. The van der Waals surface area contributed by atoms with Crippen LogP contribution in [0.2, 0.25) is 0 Å². The Kier molecular flexibility index (Phi) is 7.61. The minimum absolute atomic E-state index is 0.183. The highest BCUT2D eigenvalue weighted by atomic mass is 16.5. The topological polar surface area (TPSA) is 96.9 Å². The van der Waals surface area contributed by atoms with Crippen molar-refractivity contribution >= 4 is 29.2 Å². The molecular formula is C17H23N3O4. The van der Waals surface area contributed by atoms with Crippen LogP contribution in [0.15, 0.2) is 29.4 Å². The number of carbonyl (C=O) groups excluding carboxylic acids is 3. The zero-order chi connectivity index (χ0) is 18.1. The van der Waals surface area contributed by atoms with Crippen LogP contribution in [0.3, 0.4) is 0 Å². The van der Waals surface area contributed by atoms with Gasteiger partial charge >= 0.3 is 5.97 Å². The van der Waals surface area contributed by atoms with Crippen molar-refractivity contribution in [1.82, 2.24) is 5.43 Å². The molecule has 1 rings (SSSR count). The fraction of sp³-hybridized carbons (Fsp3) is 0.412. The van der Waals surface area contributed by atoms with E-state index in [1.54, 1.807) is 38.1 Å². The average Bonchev–Trinajstić information content (AvgIpc) is 2.53. The molecule has 130 valence electrons. The van der Waals surface area contributed by atoms with E-state index in [2.05, 4.69) is 15.8 Å². The van der Waals surface area contributed by atoms with Gasteiger partial charge in [0, 0.05) is 23.9 Å². The Morgan fingerprint density at radius 2 is 1.75 bits per heavy atom. The lowest BCUT2D eigenvalue weighted by Crippen LogP contribution is -2.27. The van der Waals surface area contributed by atoms with Crippen LogP contribution in [0.4, 0.5) is 5.69 Å². The Balaban J connectivity index is 2.72. The number of rotatable bonds is 7. The molecule has 0 saturated heterocycles. The summed E-state index contributed by atoms with van der Waals surface area (Å²) in [6.45, 7) is 6.97. The van der Waals surface area contributed by atoms with Crippen LogP contribution < -0.4 is 10.7 Å². The number of nitrogens with one attached hydrogen (secondary N) is 2. The molecule has 7 heteroatoms. The predicted octanol–water partition coefficient (Wildman–Crippen LogP) is 2.34. The Morgan fingerprint density at radius 3 is 2.25 bits per heavy atom. The number of hydrogen-bond acceptors (Lipinski definition) is 5. The van der Waals surface area contributed by atoms with E-state index in [4.69, 9.17) is 4.74 Å². The molecule has 1 aromatic carbocycles. The fourth-order valence-corrected chi connectivity index (χ4v) is 2.07. The van der Waals surface area contributed by atoms with E-state index in [0.29, 0.717) is 30.0 Å². The van der Waals surface area contributed by atoms with E-state index >= 15 is 0 Å². The van der Waals surface area contributed by atoms with Crippen molar-refractivity contribution in [3.63, 3.8) is 0 Å². The maximum Gasteiger partial charge on any atom is 0.314 e. The SMILES string of the molecule is CCOC(=O)C(CC)/C(C)=N/NC(=O)c1ccc(NC(C)=O)cc1. The maximum atomic E-state index is 12.1. The largest absolute Gasteiger partial charge is 0.465 e. The highest BCUT2D eigenvalue weighted by Gasteiger charge is 2.21. The summed E-state index contributed by atoms with van der Waals surface area (Å²) in [5.74, 6) is -1.41. The molecule has 0 aromatic heterocycles. The highest BCUT2D eigenvalue weighted by Crippen LogP contribution is 2.10. The predicted molar refractivity (Wildman–Crippen MR) is 91.7 cm³/mol. The molecule has 2 amide bonds. The molecule has 0 saturated carbocycles. The summed E-state index contributed by atoms with van der Waals surface area (Å²) in [4.78, 5) is 34.8. The zero-order valence-corrected chi connectivity index (χ0v) is 14.4. The van der Waals surface area contributed by atoms with Gasteiger partial charge in [-0.3, -0.25) is 14.4 Å². The molecule has 1 unspecified atom stereocenters. The van der Waals surface area contributed by atoms with Crippen molar-refractivity contribution in [3.05, 3.63) is 29.8 Å². The monoisotopic (exact) mass is 333 g/mol. The number of carbonyl (C=O) groups is 3. The lowest BCUT2D eigenvalue weighted by molar-refractivity contribution is -0.145. The number of ether oxygens (including phenoxy) is 1. The van der Waals surface area contributed by atoms with Crippen LogP contribution in [0.5, 0.6) is 0 Å². The van der Waals surface area contributed by atoms with Crippen molar-refractivity contribution in [2.75, 3.05) is 11.9 Å². The van der Waals surface area contributed by atoms with Gasteiger partial charge in [-0.2, -0.15) is 5.10 Å². The molecule has 0 radical (unpaired) electrons. The van der Waals surface area contributed by atoms with Crippen molar-refractivity contribution < 1.29 is 19.1 Å². The third-order valence-electron chi connectivity index (χ3n) is 3.28. The van der Waals surface area contributed by atoms with Crippen LogP contribution in [0.1, 0.15) is 44.5 Å². The molecule has 0 spiro atoms. The summed E-state index contributed by atoms with van der Waals surface area (Å²) < 4.78 is 4.99. The number of nitrogens with zero attached hydrogens (tertiary/aromatic N) is 1. The van der Waals surface area contributed by atoms with Gasteiger partial charge in [0.1, 0.15) is 0 Å². The van der Waals surface area contributed by atoms with E-state index in [1.807, 2.05) is 6.92 Å². The van der Waals surface area contributed by atoms with Crippen molar-refractivity contribution in [3.8, 4) is 0 Å². The van der Waals surface area contributed by atoms with Gasteiger partial charge in [-0.05, 0) is 44.5 Å². The first-order chi connectivity index (χ1) is 11.4. The Bertz CT molecular complexity index is 623. The van der Waals surface area contributed by atoms with Gasteiger partial charge in [-0.1, -0.05) is 6.92 Å². The molecule has 7 nitrogen and oxygen atoms in total. The Hall–Kier alpha value is -2.70. The zero-order valence-electron chi connectivity index (χ0n) is 14.4. The second-order valence-corrected chi connectivity index (χ2v) is 5.17. The molecule has 0 aliphatic carbocycles. The van der Waals surface area contributed by atoms with Crippen LogP contribution in [0.25, 0.3) is 0 Å². The van der Waals surface area contributed by atoms with Crippen LogP contribution >= 0.6 is 0 Å². The molecule has 2 N–H and O–H groups in total. The van der Waals surface area contributed by atoms with E-state index in [9.17, 15) is 14.4 Å². The third kappa shape index (κ3) is 5.83. The van der Waals surface area contributed by atoms with E-state index in [0.717, 1.165) is 0 Å². The second kappa shape index (κ2) is 9.44. The summed E-state index contributed by atoms with van der Waals surface area (Å²) in [7, 11) is 0. The molecule has 0 heterocycles. The first-order valence-electron chi connectivity index (χ1n) is 7.77. The fourth-order valence-electron chi connectivity index (χ4n) is 2.07. The molecule has 0 fully saturated rings. The minimum atomic E-state index is -0.479. The molecule has 0 aliphatic rings. The molecular weight excluding hydrogens is 310 g/mol. The number of hydrazone groups is 1. The number of hydrogen-bond donors (Lipinski definition) is 2. The lowest BCUT2D eigenvalue weighted by Gasteiger charge is -2.13. The van der Waals surface area contributed by atoms with Crippen molar-refractivity contribution in [2.45, 2.75) is 34.1 Å². The smallest absolute Gasteiger partial charge is 0.314 e. The first kappa shape index (κ1) is 19.3. The number of anilines is 1. The van der Waals surface area contributed by atoms with E-state index in [1.165, 1.54) is 6.92 Å². The van der Waals surface area contributed by atoms with Gasteiger partial charge in [0.25, 0.3) is 5.91 Å². The second-order valence-electron chi connectivity index (χ2n) is 5.17. The molecule has 0 aliphatic heterocycles. The first-order valence-corrected chi connectivity index (χ1v) is 7.77. The molecule has 1 aromatic rings. The standard InChI is InChI=1S/C17H23N3O4/c1-5-15(17(23)24-6-2)11(3)19-20-16(22)13-7-9-14(10-8-13)18-12(4)21/h7-10,15H,5-6H2,1-4H3,(H,18,21)(H,20,22)/b19-11+. The van der Waals surface area contributed by atoms with Gasteiger partial charge in [-0.25, -0.2) is 5.43 Å². The summed E-state index contributed by atoms with van der Waals surface area (Å²) in [5, 5.41) is 6.61. The lowest BCUT2D eigenvalue weighted by atomic mass is 10.0. The summed E-state index contributed by atoms with van der Waals surface area (Å²) in [5.41, 5.74) is 3.91. The normalized spacial score (nSPS) is 12.2. The van der Waals surface area contributed by atoms with Gasteiger partial charge in [-0.15, -0.1) is 0 Å². The van der Waals surface area contributed by atoms with Crippen LogP contribution in [-0.4, -0.2) is 30.1 Å². The third-order valence-corrected chi connectivity index (χ3v) is 3.28. The van der Waals surface area contributed by atoms with Gasteiger partial charge < -0.3 is 10.1 Å². The summed E-state index contributed by atoms with van der Waals surface area (Å²) >= 11 is 0. The van der Waals surface area contributed by atoms with E-state index in [-0.39, 0.29) is 11.9 Å². The van der Waals surface area contributed by atoms with Crippen LogP contribution in [-0.2, 0) is 14.3 Å². The summed E-state index contributed by atoms with van der Waals surface area (Å²) in [6.07, 6.45) is 0.537. The van der Waals surface area contributed by atoms with Gasteiger partial charge in [0.05, 0.1) is 12.5 Å². The molecule has 24 heavy (non-hydrogen) atoms. The van der Waals surface area contributed by atoms with Crippen molar-refractivity contribution in [2.24, 2.45) is 11.0 Å². The quantitative estimate of drug-likeness (QED) is 0.455. The Morgan fingerprint density at radius 1 is 1.12 bits per heavy atom. The van der Waals surface area contributed by atoms with Crippen LogP contribution in [0, 0.1) is 5.92 Å². The van der Waals surface area contributed by atoms with Gasteiger partial charge in [0.15, 0.2) is 0 Å². The Labute approximate surface area is 141 Å². The number of amides is 2. The van der Waals surface area contributed by atoms with Gasteiger partial charge in [0.2, 0.25) is 5.91 Å². The molecule has 0 bridgehead atoms. The minimum Gasteiger partial charge on any atom is -0.465 e. The number of esters is 1. The van der Waals surface area contributed by atoms with Crippen molar-refractivity contribution in [1.29, 1.82) is 0 Å². The average molecular weight is 333 g/mol. The highest BCUT2D eigenvalue weighted by molar-refractivity contribution is 6.02. The summed E-state index contributed by atoms with van der Waals surface area (Å²) in [6, 6.07) is 6.41. The molecule has 1 atom stereocenters.